The maximum absolute atomic E-state index is 12.4. The molecule has 2 rings (SSSR count). The minimum Gasteiger partial charge on any atom is -0.341 e. The molecule has 1 aliphatic heterocycles. The van der Waals surface area contributed by atoms with Crippen molar-refractivity contribution < 1.29 is 4.79 Å². The van der Waals surface area contributed by atoms with Crippen LogP contribution >= 0.6 is 0 Å². The van der Waals surface area contributed by atoms with Crippen molar-refractivity contribution >= 4 is 5.91 Å². The molecule has 2 N–H and O–H groups in total. The lowest BCUT2D eigenvalue weighted by molar-refractivity contribution is -0.138. The predicted octanol–water partition coefficient (Wildman–Crippen LogP) is 1.62. The summed E-state index contributed by atoms with van der Waals surface area (Å²) in [6, 6.07) is 0.185. The first kappa shape index (κ1) is 11.9. The monoisotopic (exact) mass is 224 g/mol. The summed E-state index contributed by atoms with van der Waals surface area (Å²) in [7, 11) is 0. The van der Waals surface area contributed by atoms with Gasteiger partial charge in [-0.1, -0.05) is 20.3 Å². The molecule has 0 radical (unpaired) electrons. The van der Waals surface area contributed by atoms with Crippen LogP contribution in [0.2, 0.25) is 0 Å². The average molecular weight is 224 g/mol. The summed E-state index contributed by atoms with van der Waals surface area (Å²) in [5, 5.41) is 0. The minimum atomic E-state index is 0.185. The van der Waals surface area contributed by atoms with Gasteiger partial charge in [-0.15, -0.1) is 0 Å². The Morgan fingerprint density at radius 2 is 2.00 bits per heavy atom. The van der Waals surface area contributed by atoms with Crippen LogP contribution in [0.3, 0.4) is 0 Å². The largest absolute Gasteiger partial charge is 0.341 e. The molecule has 0 spiro atoms. The maximum Gasteiger partial charge on any atom is 0.226 e. The minimum absolute atomic E-state index is 0.185. The van der Waals surface area contributed by atoms with Gasteiger partial charge in [0.15, 0.2) is 0 Å². The van der Waals surface area contributed by atoms with Crippen LogP contribution in [0.5, 0.6) is 0 Å². The van der Waals surface area contributed by atoms with E-state index in [1.165, 1.54) is 12.8 Å². The maximum atomic E-state index is 12.4. The van der Waals surface area contributed by atoms with Gasteiger partial charge in [-0.2, -0.15) is 0 Å². The van der Waals surface area contributed by atoms with Gasteiger partial charge in [0.2, 0.25) is 5.91 Å². The number of nitrogens with two attached hydrogens (primary N) is 1. The van der Waals surface area contributed by atoms with Crippen LogP contribution in [0, 0.1) is 17.8 Å². The van der Waals surface area contributed by atoms with Crippen LogP contribution in [-0.4, -0.2) is 29.9 Å². The highest BCUT2D eigenvalue weighted by Crippen LogP contribution is 2.33. The SMILES string of the molecule is CC1CC(N)CN(C(=O)C2CCCC2C)C1. The van der Waals surface area contributed by atoms with Gasteiger partial charge in [0.25, 0.3) is 0 Å². The van der Waals surface area contributed by atoms with Gasteiger partial charge in [0.05, 0.1) is 0 Å². The number of piperidine rings is 1. The van der Waals surface area contributed by atoms with E-state index >= 15 is 0 Å². The van der Waals surface area contributed by atoms with E-state index in [9.17, 15) is 4.79 Å². The molecule has 1 heterocycles. The Labute approximate surface area is 98.4 Å². The highest BCUT2D eigenvalue weighted by atomic mass is 16.2. The molecule has 0 bridgehead atoms. The lowest BCUT2D eigenvalue weighted by atomic mass is 9.92. The van der Waals surface area contributed by atoms with Gasteiger partial charge in [-0.05, 0) is 31.1 Å². The van der Waals surface area contributed by atoms with Crippen molar-refractivity contribution in [3.8, 4) is 0 Å². The second-order valence-electron chi connectivity index (χ2n) is 5.86. The fraction of sp³-hybridized carbons (Fsp3) is 0.923. The molecule has 16 heavy (non-hydrogen) atoms. The summed E-state index contributed by atoms with van der Waals surface area (Å²) in [4.78, 5) is 14.4. The van der Waals surface area contributed by atoms with Gasteiger partial charge < -0.3 is 10.6 Å². The summed E-state index contributed by atoms with van der Waals surface area (Å²) in [5.41, 5.74) is 5.99. The van der Waals surface area contributed by atoms with E-state index in [0.29, 0.717) is 17.7 Å². The van der Waals surface area contributed by atoms with E-state index in [1.54, 1.807) is 0 Å². The molecule has 0 aromatic rings. The zero-order valence-electron chi connectivity index (χ0n) is 10.5. The average Bonchev–Trinajstić information content (AvgIpc) is 2.62. The van der Waals surface area contributed by atoms with Crippen LogP contribution in [-0.2, 0) is 4.79 Å². The van der Waals surface area contributed by atoms with Crippen LogP contribution in [0.4, 0.5) is 0 Å². The molecule has 3 nitrogen and oxygen atoms in total. The molecule has 1 amide bonds. The van der Waals surface area contributed by atoms with Crippen LogP contribution in [0.1, 0.15) is 39.5 Å². The highest BCUT2D eigenvalue weighted by molar-refractivity contribution is 5.79. The van der Waals surface area contributed by atoms with Crippen LogP contribution in [0.15, 0.2) is 0 Å². The van der Waals surface area contributed by atoms with Crippen molar-refractivity contribution in [1.29, 1.82) is 0 Å². The summed E-state index contributed by atoms with van der Waals surface area (Å²) in [5.74, 6) is 1.77. The first-order valence-corrected chi connectivity index (χ1v) is 6.62. The molecule has 0 aromatic heterocycles. The standard InChI is InChI=1S/C13H24N2O/c1-9-6-11(14)8-15(7-9)13(16)12-5-3-4-10(12)2/h9-12H,3-8,14H2,1-2H3. The highest BCUT2D eigenvalue weighted by Gasteiger charge is 2.35. The van der Waals surface area contributed by atoms with E-state index < -0.39 is 0 Å². The van der Waals surface area contributed by atoms with Crippen LogP contribution in [0.25, 0.3) is 0 Å². The van der Waals surface area contributed by atoms with Gasteiger partial charge in [0.1, 0.15) is 0 Å². The van der Waals surface area contributed by atoms with E-state index in [2.05, 4.69) is 13.8 Å². The van der Waals surface area contributed by atoms with E-state index in [0.717, 1.165) is 25.9 Å². The van der Waals surface area contributed by atoms with Crippen molar-refractivity contribution in [2.45, 2.75) is 45.6 Å². The summed E-state index contributed by atoms with van der Waals surface area (Å²) in [6.45, 7) is 6.09. The van der Waals surface area contributed by atoms with Crippen molar-refractivity contribution in [2.75, 3.05) is 13.1 Å². The van der Waals surface area contributed by atoms with Crippen molar-refractivity contribution in [3.63, 3.8) is 0 Å². The van der Waals surface area contributed by atoms with Gasteiger partial charge in [-0.25, -0.2) is 0 Å². The lowest BCUT2D eigenvalue weighted by Crippen LogP contribution is -2.50. The van der Waals surface area contributed by atoms with E-state index in [1.807, 2.05) is 4.90 Å². The Kier molecular flexibility index (Phi) is 3.53. The molecular formula is C13H24N2O. The number of carbonyl (C=O) groups is 1. The van der Waals surface area contributed by atoms with E-state index in [-0.39, 0.29) is 12.0 Å². The first-order chi connectivity index (χ1) is 7.58. The molecule has 4 unspecified atom stereocenters. The molecule has 1 saturated heterocycles. The molecule has 0 aromatic carbocycles. The Morgan fingerprint density at radius 3 is 2.56 bits per heavy atom. The second kappa shape index (κ2) is 4.74. The summed E-state index contributed by atoms with van der Waals surface area (Å²) >= 11 is 0. The third-order valence-corrected chi connectivity index (χ3v) is 4.18. The number of hydrogen-bond acceptors (Lipinski definition) is 2. The van der Waals surface area contributed by atoms with Gasteiger partial charge in [0, 0.05) is 25.0 Å². The Hall–Kier alpha value is -0.570. The predicted molar refractivity (Wildman–Crippen MR) is 64.8 cm³/mol. The van der Waals surface area contributed by atoms with Crippen molar-refractivity contribution in [3.05, 3.63) is 0 Å². The number of rotatable bonds is 1. The molecule has 4 atom stereocenters. The van der Waals surface area contributed by atoms with E-state index in [4.69, 9.17) is 5.73 Å². The molecule has 2 aliphatic rings. The van der Waals surface area contributed by atoms with Crippen molar-refractivity contribution in [2.24, 2.45) is 23.5 Å². The van der Waals surface area contributed by atoms with Crippen molar-refractivity contribution in [1.82, 2.24) is 4.90 Å². The quantitative estimate of drug-likeness (QED) is 0.735. The zero-order valence-corrected chi connectivity index (χ0v) is 10.5. The Morgan fingerprint density at radius 1 is 1.25 bits per heavy atom. The number of amides is 1. The number of hydrogen-bond donors (Lipinski definition) is 1. The van der Waals surface area contributed by atoms with Crippen LogP contribution < -0.4 is 5.73 Å². The summed E-state index contributed by atoms with van der Waals surface area (Å²) < 4.78 is 0. The number of nitrogens with zero attached hydrogens (tertiary/aromatic N) is 1. The smallest absolute Gasteiger partial charge is 0.226 e. The Balaban J connectivity index is 1.98. The Bertz CT molecular complexity index is 257. The van der Waals surface area contributed by atoms with Gasteiger partial charge in [-0.3, -0.25) is 4.79 Å². The molecule has 3 heteroatoms. The fourth-order valence-electron chi connectivity index (χ4n) is 3.33. The zero-order chi connectivity index (χ0) is 11.7. The third kappa shape index (κ3) is 2.40. The molecule has 2 fully saturated rings. The number of carbonyl (C=O) groups excluding carboxylic acids is 1. The normalized spacial score (nSPS) is 40.1. The molecular weight excluding hydrogens is 200 g/mol. The second-order valence-corrected chi connectivity index (χ2v) is 5.86. The van der Waals surface area contributed by atoms with Gasteiger partial charge >= 0.3 is 0 Å². The molecule has 92 valence electrons. The molecule has 1 saturated carbocycles. The third-order valence-electron chi connectivity index (χ3n) is 4.18. The lowest BCUT2D eigenvalue weighted by Gasteiger charge is -2.36. The number of likely N-dealkylation sites (tertiary alicyclic amines) is 1. The topological polar surface area (TPSA) is 46.3 Å². The fourth-order valence-corrected chi connectivity index (χ4v) is 3.33. The first-order valence-electron chi connectivity index (χ1n) is 6.62. The summed E-state index contributed by atoms with van der Waals surface area (Å²) in [6.07, 6.45) is 4.57. The molecule has 1 aliphatic carbocycles.